The molecule has 0 bridgehead atoms. The Morgan fingerprint density at radius 3 is 2.12 bits per heavy atom. The molecule has 1 aromatic heterocycles. The van der Waals surface area contributed by atoms with Crippen LogP contribution in [0.25, 0.3) is 10.2 Å². The van der Waals surface area contributed by atoms with Crippen LogP contribution in [0.4, 0.5) is 10.8 Å². The quantitative estimate of drug-likeness (QED) is 0.712. The molecular weight excluding hydrogens is 330 g/mol. The summed E-state index contributed by atoms with van der Waals surface area (Å²) in [6, 6.07) is 17.9. The first kappa shape index (κ1) is 15.4. The molecule has 4 rings (SSSR count). The van der Waals surface area contributed by atoms with Crippen molar-refractivity contribution in [2.75, 3.05) is 36.0 Å². The summed E-state index contributed by atoms with van der Waals surface area (Å²) in [6.45, 7) is 3.18. The average molecular weight is 345 g/mol. The molecule has 0 atom stereocenters. The maximum absolute atomic E-state index is 9.37. The van der Waals surface area contributed by atoms with Gasteiger partial charge in [0.05, 0.1) is 27.0 Å². The maximum atomic E-state index is 9.37. The third-order valence-corrected chi connectivity index (χ3v) is 5.52. The minimum Gasteiger partial charge on any atom is -0.366 e. The predicted molar refractivity (Wildman–Crippen MR) is 99.9 cm³/mol. The van der Waals surface area contributed by atoms with E-state index in [0.717, 1.165) is 42.5 Å². The molecule has 1 saturated heterocycles. The van der Waals surface area contributed by atoms with Crippen molar-refractivity contribution in [1.82, 2.24) is 4.98 Å². The van der Waals surface area contributed by atoms with Gasteiger partial charge >= 0.3 is 0 Å². The highest BCUT2D eigenvalue weighted by molar-refractivity contribution is 7.22. The van der Waals surface area contributed by atoms with Crippen LogP contribution in [0.5, 0.6) is 0 Å². The predicted octanol–water partition coefficient (Wildman–Crippen LogP) is 3.37. The van der Waals surface area contributed by atoms with E-state index in [1.165, 1.54) is 4.70 Å². The summed E-state index contributed by atoms with van der Waals surface area (Å²) in [7, 11) is 0. The zero-order valence-corrected chi connectivity index (χ0v) is 14.3. The number of aromatic nitrogens is 1. The molecule has 3 aromatic rings. The van der Waals surface area contributed by atoms with Gasteiger partial charge in [0.15, 0.2) is 5.13 Å². The number of benzene rings is 2. The summed E-state index contributed by atoms with van der Waals surface area (Å²) < 4.78 is 1.20. The molecule has 1 aliphatic rings. The van der Waals surface area contributed by atoms with Crippen molar-refractivity contribution in [3.63, 3.8) is 0 Å². The monoisotopic (exact) mass is 345 g/mol. The molecule has 2 heterocycles. The van der Waals surface area contributed by atoms with E-state index in [2.05, 4.69) is 28.0 Å². The van der Waals surface area contributed by atoms with E-state index < -0.39 is 0 Å². The lowest BCUT2D eigenvalue weighted by Crippen LogP contribution is -2.47. The molecule has 122 valence electrons. The van der Waals surface area contributed by atoms with E-state index in [0.29, 0.717) is 11.1 Å². The van der Waals surface area contributed by atoms with E-state index in [9.17, 15) is 10.5 Å². The molecule has 0 N–H and O–H groups in total. The van der Waals surface area contributed by atoms with Gasteiger partial charge in [-0.25, -0.2) is 4.98 Å². The van der Waals surface area contributed by atoms with Crippen LogP contribution in [0.2, 0.25) is 0 Å². The normalized spacial score (nSPS) is 14.3. The number of hydrogen-bond acceptors (Lipinski definition) is 6. The molecule has 0 radical (unpaired) electrons. The molecule has 2 aromatic carbocycles. The number of rotatable bonds is 2. The molecule has 0 saturated carbocycles. The van der Waals surface area contributed by atoms with Gasteiger partial charge in [0.1, 0.15) is 12.1 Å². The Hall–Kier alpha value is -3.09. The van der Waals surface area contributed by atoms with Crippen LogP contribution in [-0.4, -0.2) is 31.2 Å². The number of nitrogens with zero attached hydrogens (tertiary/aromatic N) is 5. The number of para-hydroxylation sites is 2. The number of nitriles is 2. The second-order valence-corrected chi connectivity index (χ2v) is 6.87. The number of hydrogen-bond donors (Lipinski definition) is 0. The molecule has 1 aliphatic heterocycles. The minimum absolute atomic E-state index is 0.562. The standard InChI is InChI=1S/C19H15N5S/c20-12-14-4-3-5-15(13-21)18(14)23-8-10-24(11-9-23)19-22-16-6-1-2-7-17(16)25-19/h1-7H,8-11H2. The second kappa shape index (κ2) is 6.43. The van der Waals surface area contributed by atoms with Crippen molar-refractivity contribution in [3.05, 3.63) is 53.6 Å². The van der Waals surface area contributed by atoms with Crippen molar-refractivity contribution in [2.45, 2.75) is 0 Å². The molecule has 6 heteroatoms. The first-order valence-corrected chi connectivity index (χ1v) is 8.90. The van der Waals surface area contributed by atoms with Crippen molar-refractivity contribution >= 4 is 32.4 Å². The minimum atomic E-state index is 0.562. The van der Waals surface area contributed by atoms with E-state index in [4.69, 9.17) is 4.98 Å². The Kier molecular flexibility index (Phi) is 3.97. The second-order valence-electron chi connectivity index (χ2n) is 5.86. The van der Waals surface area contributed by atoms with Crippen LogP contribution in [0, 0.1) is 22.7 Å². The van der Waals surface area contributed by atoms with Crippen LogP contribution in [0.15, 0.2) is 42.5 Å². The molecule has 0 amide bonds. The Morgan fingerprint density at radius 1 is 0.840 bits per heavy atom. The lowest BCUT2D eigenvalue weighted by molar-refractivity contribution is 0.651. The number of piperazine rings is 1. The number of anilines is 2. The van der Waals surface area contributed by atoms with Crippen LogP contribution < -0.4 is 9.80 Å². The highest BCUT2D eigenvalue weighted by Crippen LogP contribution is 2.31. The van der Waals surface area contributed by atoms with Gasteiger partial charge in [-0.3, -0.25) is 0 Å². The zero-order chi connectivity index (χ0) is 17.2. The highest BCUT2D eigenvalue weighted by atomic mass is 32.1. The lowest BCUT2D eigenvalue weighted by atomic mass is 10.1. The zero-order valence-electron chi connectivity index (χ0n) is 13.5. The Morgan fingerprint density at radius 2 is 1.48 bits per heavy atom. The smallest absolute Gasteiger partial charge is 0.186 e. The SMILES string of the molecule is N#Cc1cccc(C#N)c1N1CCN(c2nc3ccccc3s2)CC1. The summed E-state index contributed by atoms with van der Waals surface area (Å²) >= 11 is 1.71. The molecule has 1 fully saturated rings. The van der Waals surface area contributed by atoms with Crippen LogP contribution >= 0.6 is 11.3 Å². The van der Waals surface area contributed by atoms with Crippen molar-refractivity contribution in [1.29, 1.82) is 10.5 Å². The third-order valence-electron chi connectivity index (χ3n) is 4.43. The molecule has 25 heavy (non-hydrogen) atoms. The van der Waals surface area contributed by atoms with Crippen LogP contribution in [0.1, 0.15) is 11.1 Å². The van der Waals surface area contributed by atoms with Gasteiger partial charge in [-0.1, -0.05) is 29.5 Å². The molecule has 0 spiro atoms. The Labute approximate surface area is 150 Å². The van der Waals surface area contributed by atoms with Crippen LogP contribution in [-0.2, 0) is 0 Å². The summed E-state index contributed by atoms with van der Waals surface area (Å²) in [4.78, 5) is 9.14. The summed E-state index contributed by atoms with van der Waals surface area (Å²) in [5.74, 6) is 0. The molecular formula is C19H15N5S. The molecule has 0 aliphatic carbocycles. The fourth-order valence-electron chi connectivity index (χ4n) is 3.18. The van der Waals surface area contributed by atoms with Crippen LogP contribution in [0.3, 0.4) is 0 Å². The summed E-state index contributed by atoms with van der Waals surface area (Å²) in [5.41, 5.74) is 2.92. The average Bonchev–Trinajstić information content (AvgIpc) is 3.11. The van der Waals surface area contributed by atoms with Gasteiger partial charge in [0.2, 0.25) is 0 Å². The van der Waals surface area contributed by atoms with Gasteiger partial charge in [-0.2, -0.15) is 10.5 Å². The van der Waals surface area contributed by atoms with Gasteiger partial charge in [0.25, 0.3) is 0 Å². The fraction of sp³-hybridized carbons (Fsp3) is 0.211. The first-order valence-electron chi connectivity index (χ1n) is 8.09. The Bertz CT molecular complexity index is 937. The summed E-state index contributed by atoms with van der Waals surface area (Å²) in [5, 5.41) is 19.8. The van der Waals surface area contributed by atoms with Crippen molar-refractivity contribution in [2.24, 2.45) is 0 Å². The van der Waals surface area contributed by atoms with Gasteiger partial charge in [0, 0.05) is 26.2 Å². The van der Waals surface area contributed by atoms with Crippen molar-refractivity contribution < 1.29 is 0 Å². The highest BCUT2D eigenvalue weighted by Gasteiger charge is 2.23. The van der Waals surface area contributed by atoms with E-state index >= 15 is 0 Å². The molecule has 5 nitrogen and oxygen atoms in total. The van der Waals surface area contributed by atoms with Crippen molar-refractivity contribution in [3.8, 4) is 12.1 Å². The third kappa shape index (κ3) is 2.77. The van der Waals surface area contributed by atoms with Gasteiger partial charge in [-0.15, -0.1) is 0 Å². The van der Waals surface area contributed by atoms with E-state index in [1.807, 2.05) is 18.2 Å². The first-order chi connectivity index (χ1) is 12.3. The summed E-state index contributed by atoms with van der Waals surface area (Å²) in [6.07, 6.45) is 0. The lowest BCUT2D eigenvalue weighted by Gasteiger charge is -2.36. The fourth-order valence-corrected chi connectivity index (χ4v) is 4.20. The molecule has 0 unspecified atom stereocenters. The Balaban J connectivity index is 1.56. The largest absolute Gasteiger partial charge is 0.366 e. The number of thiazole rings is 1. The van der Waals surface area contributed by atoms with Gasteiger partial charge < -0.3 is 9.80 Å². The topological polar surface area (TPSA) is 67.0 Å². The van der Waals surface area contributed by atoms with E-state index in [1.54, 1.807) is 29.5 Å². The maximum Gasteiger partial charge on any atom is 0.186 e. The van der Waals surface area contributed by atoms with Gasteiger partial charge in [-0.05, 0) is 24.3 Å². The van der Waals surface area contributed by atoms with E-state index in [-0.39, 0.29) is 0 Å². The number of fused-ring (bicyclic) bond motifs is 1.